The molecule has 2 rings (SSSR count). The summed E-state index contributed by atoms with van der Waals surface area (Å²) in [5.74, 6) is 0. The minimum Gasteiger partial charge on any atom is -0.341 e. The lowest BCUT2D eigenvalue weighted by molar-refractivity contribution is 0.187. The fourth-order valence-corrected chi connectivity index (χ4v) is 2.52. The highest BCUT2D eigenvalue weighted by atomic mass is 32.2. The quantitative estimate of drug-likeness (QED) is 0.758. The Bertz CT molecular complexity index is 306. The molecular formula is C9H16N4OS. The van der Waals surface area contributed by atoms with Gasteiger partial charge in [-0.25, -0.2) is 9.79 Å². The zero-order valence-corrected chi connectivity index (χ0v) is 10.0. The van der Waals surface area contributed by atoms with E-state index in [2.05, 4.69) is 10.3 Å². The monoisotopic (exact) mass is 228 g/mol. The molecule has 0 aliphatic carbocycles. The van der Waals surface area contributed by atoms with Crippen molar-refractivity contribution in [3.8, 4) is 0 Å². The average molecular weight is 228 g/mol. The number of aliphatic imine (C=N–C) groups is 1. The predicted octanol–water partition coefficient (Wildman–Crippen LogP) is 0.738. The van der Waals surface area contributed by atoms with Crippen LogP contribution in [0.25, 0.3) is 0 Å². The summed E-state index contributed by atoms with van der Waals surface area (Å²) in [7, 11) is 0. The topological polar surface area (TPSA) is 47.9 Å². The molecule has 84 valence electrons. The van der Waals surface area contributed by atoms with Crippen LogP contribution in [0.1, 0.15) is 13.8 Å². The maximum atomic E-state index is 11.9. The smallest absolute Gasteiger partial charge is 0.323 e. The summed E-state index contributed by atoms with van der Waals surface area (Å²) in [6, 6.07) is 0.0893. The molecule has 0 bridgehead atoms. The van der Waals surface area contributed by atoms with Crippen LogP contribution >= 0.6 is 11.8 Å². The molecule has 2 amide bonds. The third-order valence-corrected chi connectivity index (χ3v) is 3.43. The number of nitrogens with one attached hydrogen (secondary N) is 1. The maximum absolute atomic E-state index is 11.9. The molecule has 0 spiro atoms. The van der Waals surface area contributed by atoms with E-state index in [1.54, 1.807) is 11.8 Å². The van der Waals surface area contributed by atoms with Crippen molar-refractivity contribution < 1.29 is 4.79 Å². The number of amidine groups is 1. The van der Waals surface area contributed by atoms with Gasteiger partial charge in [0.25, 0.3) is 0 Å². The molecule has 2 atom stereocenters. The summed E-state index contributed by atoms with van der Waals surface area (Å²) in [4.78, 5) is 20.1. The number of hydrogen-bond donors (Lipinski definition) is 1. The lowest BCUT2D eigenvalue weighted by Crippen LogP contribution is -2.44. The Morgan fingerprint density at radius 3 is 2.60 bits per heavy atom. The fraction of sp³-hybridized carbons (Fsp3) is 0.778. The lowest BCUT2D eigenvalue weighted by atomic mass is 10.4. The second kappa shape index (κ2) is 3.92. The zero-order valence-electron chi connectivity index (χ0n) is 9.23. The predicted molar refractivity (Wildman–Crippen MR) is 61.8 cm³/mol. The minimum absolute atomic E-state index is 0.0323. The average Bonchev–Trinajstić information content (AvgIpc) is 2.73. The van der Waals surface area contributed by atoms with Crippen LogP contribution < -0.4 is 5.32 Å². The first kappa shape index (κ1) is 10.6. The van der Waals surface area contributed by atoms with E-state index in [0.29, 0.717) is 6.54 Å². The molecular weight excluding hydrogens is 212 g/mol. The van der Waals surface area contributed by atoms with E-state index in [1.807, 2.05) is 29.9 Å². The van der Waals surface area contributed by atoms with Crippen LogP contribution in [0.4, 0.5) is 4.79 Å². The summed E-state index contributed by atoms with van der Waals surface area (Å²) in [5, 5.41) is 4.20. The van der Waals surface area contributed by atoms with Crippen molar-refractivity contribution in [1.29, 1.82) is 0 Å². The van der Waals surface area contributed by atoms with Crippen LogP contribution in [-0.4, -0.2) is 52.7 Å². The van der Waals surface area contributed by atoms with E-state index in [1.165, 1.54) is 0 Å². The highest BCUT2D eigenvalue weighted by Crippen LogP contribution is 2.27. The van der Waals surface area contributed by atoms with Crippen LogP contribution in [0.15, 0.2) is 4.99 Å². The van der Waals surface area contributed by atoms with Gasteiger partial charge in [0.2, 0.25) is 0 Å². The zero-order chi connectivity index (χ0) is 11.0. The molecule has 1 fully saturated rings. The molecule has 5 nitrogen and oxygen atoms in total. The first-order chi connectivity index (χ1) is 7.22. The molecule has 6 heteroatoms. The second-order valence-corrected chi connectivity index (χ2v) is 4.29. The summed E-state index contributed by atoms with van der Waals surface area (Å²) in [5.41, 5.74) is 0. The van der Waals surface area contributed by atoms with E-state index in [4.69, 9.17) is 0 Å². The Balaban J connectivity index is 2.24. The van der Waals surface area contributed by atoms with Gasteiger partial charge < -0.3 is 10.2 Å². The molecule has 2 heterocycles. The standard InChI is InChI=1S/C9H16N4OS/c1-4-12-6-7(11-8(10-6)15-3)13(5-2)9(12)14/h6-7H,4-5H2,1-3H3,(H,10,11). The van der Waals surface area contributed by atoms with Gasteiger partial charge in [-0.05, 0) is 20.1 Å². The van der Waals surface area contributed by atoms with Crippen LogP contribution in [0.5, 0.6) is 0 Å². The Kier molecular flexibility index (Phi) is 2.77. The lowest BCUT2D eigenvalue weighted by Gasteiger charge is -2.20. The molecule has 1 saturated heterocycles. The molecule has 2 aliphatic heterocycles. The number of nitrogens with zero attached hydrogens (tertiary/aromatic N) is 3. The number of rotatable bonds is 2. The van der Waals surface area contributed by atoms with Gasteiger partial charge in [0, 0.05) is 13.1 Å². The van der Waals surface area contributed by atoms with Gasteiger partial charge in [0.1, 0.15) is 6.17 Å². The molecule has 15 heavy (non-hydrogen) atoms. The van der Waals surface area contributed by atoms with Crippen molar-refractivity contribution >= 4 is 23.0 Å². The van der Waals surface area contributed by atoms with Crippen LogP contribution in [0.2, 0.25) is 0 Å². The summed E-state index contributed by atoms with van der Waals surface area (Å²) in [6.07, 6.45) is 1.98. The van der Waals surface area contributed by atoms with Gasteiger partial charge in [-0.3, -0.25) is 4.90 Å². The normalized spacial score (nSPS) is 29.3. The highest BCUT2D eigenvalue weighted by Gasteiger charge is 2.47. The number of carbonyl (C=O) groups is 1. The van der Waals surface area contributed by atoms with Gasteiger partial charge in [-0.15, -0.1) is 0 Å². The van der Waals surface area contributed by atoms with E-state index >= 15 is 0 Å². The van der Waals surface area contributed by atoms with Crippen molar-refractivity contribution in [2.75, 3.05) is 19.3 Å². The van der Waals surface area contributed by atoms with Gasteiger partial charge >= 0.3 is 6.03 Å². The maximum Gasteiger partial charge on any atom is 0.323 e. The molecule has 0 aromatic heterocycles. The Hall–Kier alpha value is -0.910. The van der Waals surface area contributed by atoms with Crippen molar-refractivity contribution in [3.05, 3.63) is 0 Å². The van der Waals surface area contributed by atoms with Gasteiger partial charge in [-0.1, -0.05) is 11.8 Å². The summed E-state index contributed by atoms with van der Waals surface area (Å²) in [6.45, 7) is 5.41. The van der Waals surface area contributed by atoms with E-state index in [9.17, 15) is 4.79 Å². The number of amides is 2. The Morgan fingerprint density at radius 1 is 1.40 bits per heavy atom. The Labute approximate surface area is 93.9 Å². The summed E-state index contributed by atoms with van der Waals surface area (Å²) >= 11 is 1.59. The van der Waals surface area contributed by atoms with Gasteiger partial charge in [0.05, 0.1) is 0 Å². The van der Waals surface area contributed by atoms with Crippen molar-refractivity contribution in [3.63, 3.8) is 0 Å². The third kappa shape index (κ3) is 1.47. The molecule has 0 saturated carbocycles. The minimum atomic E-state index is -0.0371. The van der Waals surface area contributed by atoms with Crippen molar-refractivity contribution in [1.82, 2.24) is 15.1 Å². The summed E-state index contributed by atoms with van der Waals surface area (Å²) < 4.78 is 0. The van der Waals surface area contributed by atoms with Crippen LogP contribution in [0.3, 0.4) is 0 Å². The number of hydrogen-bond acceptors (Lipinski definition) is 4. The van der Waals surface area contributed by atoms with Crippen LogP contribution in [-0.2, 0) is 0 Å². The molecule has 0 aromatic rings. The number of thioether (sulfide) groups is 1. The van der Waals surface area contributed by atoms with Crippen LogP contribution in [0, 0.1) is 0 Å². The molecule has 2 aliphatic rings. The van der Waals surface area contributed by atoms with Gasteiger partial charge in [0.15, 0.2) is 11.3 Å². The van der Waals surface area contributed by atoms with E-state index in [-0.39, 0.29) is 18.4 Å². The Morgan fingerprint density at radius 2 is 2.07 bits per heavy atom. The van der Waals surface area contributed by atoms with E-state index < -0.39 is 0 Å². The molecule has 0 aromatic carbocycles. The molecule has 2 unspecified atom stereocenters. The molecule has 0 radical (unpaired) electrons. The fourth-order valence-electron chi connectivity index (χ4n) is 2.07. The third-order valence-electron chi connectivity index (χ3n) is 2.82. The largest absolute Gasteiger partial charge is 0.341 e. The first-order valence-corrected chi connectivity index (χ1v) is 6.41. The number of fused-ring (bicyclic) bond motifs is 1. The second-order valence-electron chi connectivity index (χ2n) is 3.50. The number of urea groups is 1. The SMILES string of the molecule is CCN1C(=O)N(CC)C2NC(SC)=NC21. The van der Waals surface area contributed by atoms with Crippen molar-refractivity contribution in [2.24, 2.45) is 4.99 Å². The highest BCUT2D eigenvalue weighted by molar-refractivity contribution is 8.13. The van der Waals surface area contributed by atoms with Crippen molar-refractivity contribution in [2.45, 2.75) is 26.2 Å². The van der Waals surface area contributed by atoms with E-state index in [0.717, 1.165) is 11.7 Å². The van der Waals surface area contributed by atoms with Gasteiger partial charge in [-0.2, -0.15) is 0 Å². The molecule has 1 N–H and O–H groups in total. The number of likely N-dealkylation sites (N-methyl/N-ethyl adjacent to an activating group) is 2. The number of carbonyl (C=O) groups excluding carboxylic acids is 1. The first-order valence-electron chi connectivity index (χ1n) is 5.18.